The van der Waals surface area contributed by atoms with Gasteiger partial charge in [0.1, 0.15) is 0 Å². The molecule has 104 valence electrons. The van der Waals surface area contributed by atoms with Gasteiger partial charge in [0.05, 0.1) is 0 Å². The lowest BCUT2D eigenvalue weighted by Gasteiger charge is -2.27. The van der Waals surface area contributed by atoms with Crippen LogP contribution in [0.15, 0.2) is 24.3 Å². The van der Waals surface area contributed by atoms with E-state index in [-0.39, 0.29) is 0 Å². The standard InChI is InChI=1S/C17H26N2/c1-2-7-17(8-9-17)13-18-12-16-10-14-5-3-4-6-15(14)11-19-16/h3-6,16,18-19H,2,7-13H2,1H3. The lowest BCUT2D eigenvalue weighted by molar-refractivity contribution is 0.386. The Balaban J connectivity index is 1.45. The molecule has 2 N–H and O–H groups in total. The molecule has 1 aromatic rings. The van der Waals surface area contributed by atoms with Crippen molar-refractivity contribution in [2.24, 2.45) is 5.41 Å². The Bertz CT molecular complexity index is 423. The van der Waals surface area contributed by atoms with Crippen LogP contribution in [0, 0.1) is 5.41 Å². The highest BCUT2D eigenvalue weighted by Gasteiger charge is 2.40. The van der Waals surface area contributed by atoms with Crippen LogP contribution in [0.3, 0.4) is 0 Å². The molecule has 1 aliphatic carbocycles. The smallest absolute Gasteiger partial charge is 0.0236 e. The van der Waals surface area contributed by atoms with Crippen molar-refractivity contribution in [3.05, 3.63) is 35.4 Å². The van der Waals surface area contributed by atoms with Gasteiger partial charge in [0.15, 0.2) is 0 Å². The summed E-state index contributed by atoms with van der Waals surface area (Å²) in [5.41, 5.74) is 3.67. The predicted octanol–water partition coefficient (Wildman–Crippen LogP) is 2.87. The summed E-state index contributed by atoms with van der Waals surface area (Å²) in [7, 11) is 0. The van der Waals surface area contributed by atoms with Gasteiger partial charge in [-0.05, 0) is 42.2 Å². The second-order valence-corrected chi connectivity index (χ2v) is 6.43. The number of nitrogens with one attached hydrogen (secondary N) is 2. The van der Waals surface area contributed by atoms with Crippen molar-refractivity contribution < 1.29 is 0 Å². The van der Waals surface area contributed by atoms with E-state index in [1.807, 2.05) is 0 Å². The molecule has 0 spiro atoms. The first kappa shape index (κ1) is 13.1. The molecule has 1 fully saturated rings. The summed E-state index contributed by atoms with van der Waals surface area (Å²) in [5.74, 6) is 0. The third kappa shape index (κ3) is 3.18. The first-order valence-electron chi connectivity index (χ1n) is 7.82. The minimum Gasteiger partial charge on any atom is -0.315 e. The minimum absolute atomic E-state index is 0.604. The Morgan fingerprint density at radius 1 is 1.26 bits per heavy atom. The van der Waals surface area contributed by atoms with E-state index in [0.29, 0.717) is 11.5 Å². The Morgan fingerprint density at radius 2 is 2.05 bits per heavy atom. The van der Waals surface area contributed by atoms with Gasteiger partial charge in [0.25, 0.3) is 0 Å². The number of hydrogen-bond acceptors (Lipinski definition) is 2. The van der Waals surface area contributed by atoms with Gasteiger partial charge in [-0.2, -0.15) is 0 Å². The Labute approximate surface area is 117 Å². The summed E-state index contributed by atoms with van der Waals surface area (Å²) in [6.07, 6.45) is 6.78. The molecule has 0 aromatic heterocycles. The number of fused-ring (bicyclic) bond motifs is 1. The molecule has 1 saturated carbocycles. The van der Waals surface area contributed by atoms with Crippen LogP contribution < -0.4 is 10.6 Å². The molecule has 0 radical (unpaired) electrons. The lowest BCUT2D eigenvalue weighted by Crippen LogP contribution is -2.44. The van der Waals surface area contributed by atoms with Crippen LogP contribution >= 0.6 is 0 Å². The van der Waals surface area contributed by atoms with Gasteiger partial charge < -0.3 is 10.6 Å². The monoisotopic (exact) mass is 258 g/mol. The predicted molar refractivity (Wildman–Crippen MR) is 80.2 cm³/mol. The van der Waals surface area contributed by atoms with E-state index in [1.165, 1.54) is 49.8 Å². The first-order chi connectivity index (χ1) is 9.31. The van der Waals surface area contributed by atoms with E-state index in [0.717, 1.165) is 13.1 Å². The summed E-state index contributed by atoms with van der Waals surface area (Å²) in [5, 5.41) is 7.36. The van der Waals surface area contributed by atoms with Crippen molar-refractivity contribution in [3.63, 3.8) is 0 Å². The third-order valence-corrected chi connectivity index (χ3v) is 4.79. The van der Waals surface area contributed by atoms with Crippen LogP contribution in [0.2, 0.25) is 0 Å². The molecular weight excluding hydrogens is 232 g/mol. The summed E-state index contributed by atoms with van der Waals surface area (Å²) in [6, 6.07) is 9.43. The SMILES string of the molecule is CCCC1(CNCC2Cc3ccccc3CN2)CC1. The van der Waals surface area contributed by atoms with Crippen LogP contribution in [-0.4, -0.2) is 19.1 Å². The van der Waals surface area contributed by atoms with Crippen LogP contribution in [0.4, 0.5) is 0 Å². The van der Waals surface area contributed by atoms with Gasteiger partial charge >= 0.3 is 0 Å². The molecule has 1 heterocycles. The Morgan fingerprint density at radius 3 is 2.79 bits per heavy atom. The maximum Gasteiger partial charge on any atom is 0.0236 e. The van der Waals surface area contributed by atoms with E-state index in [4.69, 9.17) is 0 Å². The van der Waals surface area contributed by atoms with Crippen molar-refractivity contribution in [2.45, 2.75) is 51.6 Å². The zero-order valence-corrected chi connectivity index (χ0v) is 12.0. The highest BCUT2D eigenvalue weighted by molar-refractivity contribution is 5.29. The number of rotatable bonds is 6. The lowest BCUT2D eigenvalue weighted by atomic mass is 9.95. The normalized spacial score (nSPS) is 23.9. The molecule has 2 heteroatoms. The molecular formula is C17H26N2. The topological polar surface area (TPSA) is 24.1 Å². The van der Waals surface area contributed by atoms with Gasteiger partial charge in [-0.1, -0.05) is 37.6 Å². The maximum absolute atomic E-state index is 3.71. The quantitative estimate of drug-likeness (QED) is 0.820. The summed E-state index contributed by atoms with van der Waals surface area (Å²) >= 11 is 0. The molecule has 19 heavy (non-hydrogen) atoms. The number of hydrogen-bond donors (Lipinski definition) is 2. The van der Waals surface area contributed by atoms with Crippen LogP contribution in [0.5, 0.6) is 0 Å². The second kappa shape index (κ2) is 5.64. The van der Waals surface area contributed by atoms with Gasteiger partial charge in [-0.3, -0.25) is 0 Å². The summed E-state index contributed by atoms with van der Waals surface area (Å²) in [6.45, 7) is 5.67. The molecule has 1 unspecified atom stereocenters. The number of benzene rings is 1. The Hall–Kier alpha value is -0.860. The second-order valence-electron chi connectivity index (χ2n) is 6.43. The van der Waals surface area contributed by atoms with Crippen molar-refractivity contribution >= 4 is 0 Å². The largest absolute Gasteiger partial charge is 0.315 e. The summed E-state index contributed by atoms with van der Waals surface area (Å²) < 4.78 is 0. The fourth-order valence-corrected chi connectivity index (χ4v) is 3.40. The van der Waals surface area contributed by atoms with Crippen molar-refractivity contribution in [1.82, 2.24) is 10.6 Å². The van der Waals surface area contributed by atoms with Crippen LogP contribution in [0.1, 0.15) is 43.7 Å². The first-order valence-corrected chi connectivity index (χ1v) is 7.82. The third-order valence-electron chi connectivity index (χ3n) is 4.79. The maximum atomic E-state index is 3.71. The highest BCUT2D eigenvalue weighted by atomic mass is 15.0. The van der Waals surface area contributed by atoms with Gasteiger partial charge in [-0.15, -0.1) is 0 Å². The molecule has 0 saturated heterocycles. The van der Waals surface area contributed by atoms with Crippen molar-refractivity contribution in [2.75, 3.05) is 13.1 Å². The minimum atomic E-state index is 0.604. The Kier molecular flexibility index (Phi) is 3.90. The fourth-order valence-electron chi connectivity index (χ4n) is 3.40. The molecule has 0 bridgehead atoms. The molecule has 0 amide bonds. The molecule has 1 aliphatic heterocycles. The van der Waals surface area contributed by atoms with Gasteiger partial charge in [0.2, 0.25) is 0 Å². The van der Waals surface area contributed by atoms with Gasteiger partial charge in [-0.25, -0.2) is 0 Å². The van der Waals surface area contributed by atoms with Crippen LogP contribution in [0.25, 0.3) is 0 Å². The molecule has 2 aliphatic rings. The van der Waals surface area contributed by atoms with E-state index in [1.54, 1.807) is 0 Å². The van der Waals surface area contributed by atoms with Crippen molar-refractivity contribution in [1.29, 1.82) is 0 Å². The zero-order chi connectivity index (χ0) is 13.1. The van der Waals surface area contributed by atoms with E-state index in [9.17, 15) is 0 Å². The van der Waals surface area contributed by atoms with Crippen LogP contribution in [-0.2, 0) is 13.0 Å². The van der Waals surface area contributed by atoms with Crippen molar-refractivity contribution in [3.8, 4) is 0 Å². The average molecular weight is 258 g/mol. The van der Waals surface area contributed by atoms with E-state index < -0.39 is 0 Å². The van der Waals surface area contributed by atoms with E-state index >= 15 is 0 Å². The van der Waals surface area contributed by atoms with Gasteiger partial charge in [0, 0.05) is 25.7 Å². The molecule has 2 nitrogen and oxygen atoms in total. The molecule has 1 atom stereocenters. The molecule has 3 rings (SSSR count). The zero-order valence-electron chi connectivity index (χ0n) is 12.0. The fraction of sp³-hybridized carbons (Fsp3) is 0.647. The molecule has 1 aromatic carbocycles. The van der Waals surface area contributed by atoms with E-state index in [2.05, 4.69) is 41.8 Å². The highest BCUT2D eigenvalue weighted by Crippen LogP contribution is 2.48. The average Bonchev–Trinajstić information content (AvgIpc) is 3.19. The summed E-state index contributed by atoms with van der Waals surface area (Å²) in [4.78, 5) is 0.